The number of aromatic nitrogens is 3. The van der Waals surface area contributed by atoms with E-state index in [1.165, 1.54) is 35.2 Å². The van der Waals surface area contributed by atoms with Crippen molar-refractivity contribution in [3.8, 4) is 0 Å². The van der Waals surface area contributed by atoms with Crippen LogP contribution in [-0.2, 0) is 19.4 Å². The smallest absolute Gasteiger partial charge is 0.0949 e. The zero-order chi connectivity index (χ0) is 19.1. The number of imidazole rings is 1. The van der Waals surface area contributed by atoms with E-state index in [0.717, 1.165) is 25.3 Å². The van der Waals surface area contributed by atoms with Crippen molar-refractivity contribution in [1.29, 1.82) is 0 Å². The van der Waals surface area contributed by atoms with Crippen molar-refractivity contribution in [1.82, 2.24) is 14.5 Å². The summed E-state index contributed by atoms with van der Waals surface area (Å²) in [7, 11) is 0. The second-order valence-electron chi connectivity index (χ2n) is 8.02. The molecule has 0 aliphatic rings. The number of benzene rings is 1. The van der Waals surface area contributed by atoms with E-state index in [1.54, 1.807) is 0 Å². The van der Waals surface area contributed by atoms with Crippen LogP contribution in [0.4, 0.5) is 0 Å². The van der Waals surface area contributed by atoms with Gasteiger partial charge >= 0.3 is 0 Å². The SMILES string of the molecule is CC(C)CCCc1cc(CC(C)c2ccc(Cn3ccnc3)cc2)ccn1. The molecule has 0 radical (unpaired) electrons. The highest BCUT2D eigenvalue weighted by molar-refractivity contribution is 5.28. The fourth-order valence-corrected chi connectivity index (χ4v) is 3.50. The number of aryl methyl sites for hydroxylation is 1. The number of hydrogen-bond donors (Lipinski definition) is 0. The predicted octanol–water partition coefficient (Wildman–Crippen LogP) is 5.65. The van der Waals surface area contributed by atoms with Gasteiger partial charge in [0.1, 0.15) is 0 Å². The van der Waals surface area contributed by atoms with Gasteiger partial charge in [-0.1, -0.05) is 51.5 Å². The Balaban J connectivity index is 1.57. The Morgan fingerprint density at radius 2 is 1.78 bits per heavy atom. The summed E-state index contributed by atoms with van der Waals surface area (Å²) in [6.45, 7) is 7.75. The molecule has 2 aromatic heterocycles. The third kappa shape index (κ3) is 6.06. The van der Waals surface area contributed by atoms with Crippen molar-refractivity contribution >= 4 is 0 Å². The van der Waals surface area contributed by atoms with Crippen LogP contribution in [0.1, 0.15) is 61.9 Å². The number of pyridine rings is 1. The lowest BCUT2D eigenvalue weighted by atomic mass is 9.93. The third-order valence-corrected chi connectivity index (χ3v) is 5.11. The van der Waals surface area contributed by atoms with Gasteiger partial charge < -0.3 is 4.57 Å². The monoisotopic (exact) mass is 361 g/mol. The van der Waals surface area contributed by atoms with Gasteiger partial charge in [0.2, 0.25) is 0 Å². The fraction of sp³-hybridized carbons (Fsp3) is 0.417. The summed E-state index contributed by atoms with van der Waals surface area (Å²) < 4.78 is 2.09. The molecule has 0 amide bonds. The highest BCUT2D eigenvalue weighted by Crippen LogP contribution is 2.22. The lowest BCUT2D eigenvalue weighted by Gasteiger charge is -2.14. The second-order valence-corrected chi connectivity index (χ2v) is 8.02. The molecule has 142 valence electrons. The van der Waals surface area contributed by atoms with Crippen molar-refractivity contribution < 1.29 is 0 Å². The van der Waals surface area contributed by atoms with Crippen LogP contribution in [-0.4, -0.2) is 14.5 Å². The molecule has 0 aliphatic heterocycles. The maximum Gasteiger partial charge on any atom is 0.0949 e. The van der Waals surface area contributed by atoms with Crippen molar-refractivity contribution in [3.63, 3.8) is 0 Å². The summed E-state index contributed by atoms with van der Waals surface area (Å²) in [4.78, 5) is 8.66. The van der Waals surface area contributed by atoms with Gasteiger partial charge in [0.25, 0.3) is 0 Å². The van der Waals surface area contributed by atoms with Gasteiger partial charge in [-0.3, -0.25) is 4.98 Å². The summed E-state index contributed by atoms with van der Waals surface area (Å²) in [5, 5.41) is 0. The van der Waals surface area contributed by atoms with Crippen LogP contribution in [0.5, 0.6) is 0 Å². The Hall–Kier alpha value is -2.42. The van der Waals surface area contributed by atoms with Crippen molar-refractivity contribution in [2.75, 3.05) is 0 Å². The van der Waals surface area contributed by atoms with Crippen LogP contribution in [0.25, 0.3) is 0 Å². The first-order valence-corrected chi connectivity index (χ1v) is 10.1. The third-order valence-electron chi connectivity index (χ3n) is 5.11. The topological polar surface area (TPSA) is 30.7 Å². The van der Waals surface area contributed by atoms with E-state index in [4.69, 9.17) is 0 Å². The van der Waals surface area contributed by atoms with Gasteiger partial charge in [-0.2, -0.15) is 0 Å². The summed E-state index contributed by atoms with van der Waals surface area (Å²) in [5.41, 5.74) is 5.32. The fourth-order valence-electron chi connectivity index (χ4n) is 3.50. The summed E-state index contributed by atoms with van der Waals surface area (Å²) in [6.07, 6.45) is 12.3. The Bertz CT molecular complexity index is 804. The van der Waals surface area contributed by atoms with Crippen LogP contribution >= 0.6 is 0 Å². The number of rotatable bonds is 9. The molecule has 1 atom stereocenters. The zero-order valence-corrected chi connectivity index (χ0v) is 16.8. The highest BCUT2D eigenvalue weighted by Gasteiger charge is 2.08. The molecule has 3 aromatic rings. The zero-order valence-electron chi connectivity index (χ0n) is 16.8. The minimum absolute atomic E-state index is 0.498. The average Bonchev–Trinajstić information content (AvgIpc) is 3.15. The van der Waals surface area contributed by atoms with Crippen molar-refractivity contribution in [2.24, 2.45) is 5.92 Å². The van der Waals surface area contributed by atoms with Gasteiger partial charge in [0.15, 0.2) is 0 Å². The minimum atomic E-state index is 0.498. The van der Waals surface area contributed by atoms with E-state index >= 15 is 0 Å². The van der Waals surface area contributed by atoms with E-state index in [9.17, 15) is 0 Å². The lowest BCUT2D eigenvalue weighted by molar-refractivity contribution is 0.553. The minimum Gasteiger partial charge on any atom is -0.333 e. The quantitative estimate of drug-likeness (QED) is 0.493. The molecule has 3 nitrogen and oxygen atoms in total. The van der Waals surface area contributed by atoms with Crippen LogP contribution in [0.3, 0.4) is 0 Å². The molecule has 1 unspecified atom stereocenters. The molecule has 0 saturated carbocycles. The maximum absolute atomic E-state index is 4.56. The van der Waals surface area contributed by atoms with Crippen molar-refractivity contribution in [3.05, 3.63) is 83.7 Å². The maximum atomic E-state index is 4.56. The first kappa shape index (κ1) is 19.3. The van der Waals surface area contributed by atoms with Crippen LogP contribution < -0.4 is 0 Å². The Morgan fingerprint density at radius 1 is 0.963 bits per heavy atom. The first-order valence-electron chi connectivity index (χ1n) is 10.1. The Kier molecular flexibility index (Phi) is 6.80. The molecular formula is C24H31N3. The second kappa shape index (κ2) is 9.50. The molecule has 27 heavy (non-hydrogen) atoms. The van der Waals surface area contributed by atoms with E-state index < -0.39 is 0 Å². The van der Waals surface area contributed by atoms with Gasteiger partial charge in [-0.25, -0.2) is 4.98 Å². The Morgan fingerprint density at radius 3 is 2.48 bits per heavy atom. The highest BCUT2D eigenvalue weighted by atomic mass is 15.0. The van der Waals surface area contributed by atoms with Crippen molar-refractivity contribution in [2.45, 2.75) is 58.9 Å². The van der Waals surface area contributed by atoms with Crippen LogP contribution in [0, 0.1) is 5.92 Å². The van der Waals surface area contributed by atoms with E-state index in [2.05, 4.69) is 71.7 Å². The molecule has 0 N–H and O–H groups in total. The largest absolute Gasteiger partial charge is 0.333 e. The molecule has 0 aliphatic carbocycles. The molecular weight excluding hydrogens is 330 g/mol. The molecule has 3 heteroatoms. The molecule has 0 saturated heterocycles. The van der Waals surface area contributed by atoms with Gasteiger partial charge in [0.05, 0.1) is 6.33 Å². The molecule has 3 rings (SSSR count). The normalized spacial score (nSPS) is 12.4. The summed E-state index contributed by atoms with van der Waals surface area (Å²) in [6, 6.07) is 13.5. The van der Waals surface area contributed by atoms with E-state index in [0.29, 0.717) is 5.92 Å². The van der Waals surface area contributed by atoms with E-state index in [-0.39, 0.29) is 0 Å². The number of nitrogens with zero attached hydrogens (tertiary/aromatic N) is 3. The summed E-state index contributed by atoms with van der Waals surface area (Å²) in [5.74, 6) is 1.27. The Labute approximate surface area is 163 Å². The average molecular weight is 362 g/mol. The molecule has 2 heterocycles. The predicted molar refractivity (Wildman–Crippen MR) is 112 cm³/mol. The molecule has 0 spiro atoms. The van der Waals surface area contributed by atoms with E-state index in [1.807, 2.05) is 24.9 Å². The first-order chi connectivity index (χ1) is 13.1. The standard InChI is InChI=1S/C24H31N3/c1-19(2)5-4-6-24-16-22(11-12-26-24)15-20(3)23-9-7-21(8-10-23)17-27-14-13-25-18-27/h7-14,16,18-20H,4-6,15,17H2,1-3H3. The van der Waals surface area contributed by atoms with Gasteiger partial charge in [-0.15, -0.1) is 0 Å². The van der Waals surface area contributed by atoms with Gasteiger partial charge in [0, 0.05) is 30.8 Å². The number of hydrogen-bond acceptors (Lipinski definition) is 2. The molecule has 0 fully saturated rings. The van der Waals surface area contributed by atoms with Crippen LogP contribution in [0.15, 0.2) is 61.3 Å². The van der Waals surface area contributed by atoms with Crippen LogP contribution in [0.2, 0.25) is 0 Å². The molecule has 0 bridgehead atoms. The lowest BCUT2D eigenvalue weighted by Crippen LogP contribution is -2.02. The summed E-state index contributed by atoms with van der Waals surface area (Å²) >= 11 is 0. The van der Waals surface area contributed by atoms with Gasteiger partial charge in [-0.05, 0) is 59.9 Å². The molecule has 1 aromatic carbocycles.